The molecule has 10 heteroatoms. The van der Waals surface area contributed by atoms with Crippen molar-refractivity contribution >= 4 is 27.7 Å². The van der Waals surface area contributed by atoms with Gasteiger partial charge in [0.05, 0.1) is 12.2 Å². The molecule has 9 nitrogen and oxygen atoms in total. The predicted molar refractivity (Wildman–Crippen MR) is 134 cm³/mol. The minimum Gasteiger partial charge on any atom is -0.403 e. The fourth-order valence-corrected chi connectivity index (χ4v) is 4.80. The smallest absolute Gasteiger partial charge is 0.243 e. The number of nitrogens with zero attached hydrogens (tertiary/aromatic N) is 3. The Kier molecular flexibility index (Phi) is 6.54. The number of sulfonamides is 1. The zero-order valence-electron chi connectivity index (χ0n) is 19.2. The minimum absolute atomic E-state index is 0.0307. The maximum atomic E-state index is 12.8. The summed E-state index contributed by atoms with van der Waals surface area (Å²) in [4.78, 5) is 8.68. The fourth-order valence-electron chi connectivity index (χ4n) is 3.91. The van der Waals surface area contributed by atoms with E-state index in [4.69, 9.17) is 16.9 Å². The molecule has 1 fully saturated rings. The van der Waals surface area contributed by atoms with Crippen LogP contribution in [0.25, 0.3) is 5.65 Å². The second-order valence-corrected chi connectivity index (χ2v) is 10.4. The van der Waals surface area contributed by atoms with Crippen LogP contribution in [0.4, 0.5) is 0 Å². The molecule has 1 aromatic carbocycles. The van der Waals surface area contributed by atoms with Crippen LogP contribution < -0.4 is 16.2 Å². The summed E-state index contributed by atoms with van der Waals surface area (Å²) in [6, 6.07) is 7.64. The molecule has 178 valence electrons. The Balaban J connectivity index is 1.42. The van der Waals surface area contributed by atoms with E-state index in [1.54, 1.807) is 12.1 Å². The molecule has 34 heavy (non-hydrogen) atoms. The topological polar surface area (TPSA) is 152 Å². The number of aryl methyl sites for hydroxylation is 2. The number of amidine groups is 1. The summed E-state index contributed by atoms with van der Waals surface area (Å²) in [6.07, 6.45) is 8.75. The molecule has 2 aromatic heterocycles. The Morgan fingerprint density at radius 1 is 1.26 bits per heavy atom. The Hall–Kier alpha value is -3.50. The third-order valence-corrected chi connectivity index (χ3v) is 7.35. The number of fused-ring (bicyclic) bond motifs is 1. The largest absolute Gasteiger partial charge is 0.403 e. The van der Waals surface area contributed by atoms with Gasteiger partial charge in [-0.05, 0) is 73.1 Å². The number of pyridine rings is 1. The molecule has 2 heterocycles. The van der Waals surface area contributed by atoms with E-state index < -0.39 is 10.0 Å². The van der Waals surface area contributed by atoms with Gasteiger partial charge in [0.25, 0.3) is 0 Å². The molecule has 0 spiro atoms. The van der Waals surface area contributed by atoms with Crippen molar-refractivity contribution in [2.45, 2.75) is 45.7 Å². The number of aromatic nitrogens is 2. The number of hydrogen-bond donors (Lipinski definition) is 4. The average Bonchev–Trinajstić information content (AvgIpc) is 3.55. The summed E-state index contributed by atoms with van der Waals surface area (Å²) in [6.45, 7) is 4.02. The average molecular weight is 480 g/mol. The molecule has 0 atom stereocenters. The van der Waals surface area contributed by atoms with E-state index in [1.807, 2.05) is 30.5 Å². The minimum atomic E-state index is -3.87. The van der Waals surface area contributed by atoms with E-state index in [0.29, 0.717) is 11.5 Å². The van der Waals surface area contributed by atoms with Gasteiger partial charge >= 0.3 is 0 Å². The first-order valence-corrected chi connectivity index (χ1v) is 12.5. The molecule has 0 saturated heterocycles. The number of rotatable bonds is 9. The monoisotopic (exact) mass is 479 g/mol. The standard InChI is InChI=1S/C24H29N7O2S/c1-15-7-19(24(26)27)8-16(2)22(15)12-29-34(32,33)21(9-25)11-28-10-20-14-31-13-18(17-3-4-17)5-6-23(31)30-20/h5-9,11,13-14,17,29H,3-4,10,12,25H2,1-2H3,(H3,26,27). The number of nitrogen functional groups attached to an aromatic ring is 1. The Morgan fingerprint density at radius 2 is 1.97 bits per heavy atom. The van der Waals surface area contributed by atoms with Crippen LogP contribution in [-0.4, -0.2) is 29.9 Å². The van der Waals surface area contributed by atoms with Gasteiger partial charge in [-0.3, -0.25) is 10.4 Å². The van der Waals surface area contributed by atoms with Gasteiger partial charge in [0.15, 0.2) is 0 Å². The van der Waals surface area contributed by atoms with Crippen molar-refractivity contribution in [1.82, 2.24) is 14.1 Å². The van der Waals surface area contributed by atoms with Crippen molar-refractivity contribution in [2.24, 2.45) is 16.5 Å². The van der Waals surface area contributed by atoms with Gasteiger partial charge < -0.3 is 15.9 Å². The highest BCUT2D eigenvalue weighted by Gasteiger charge is 2.23. The van der Waals surface area contributed by atoms with Gasteiger partial charge in [-0.25, -0.2) is 18.1 Å². The number of imidazole rings is 1. The van der Waals surface area contributed by atoms with Crippen molar-refractivity contribution in [3.8, 4) is 0 Å². The van der Waals surface area contributed by atoms with Crippen LogP contribution in [-0.2, 0) is 23.1 Å². The number of nitrogens with two attached hydrogens (primary N) is 2. The van der Waals surface area contributed by atoms with Gasteiger partial charge in [-0.2, -0.15) is 0 Å². The lowest BCUT2D eigenvalue weighted by atomic mass is 9.99. The molecule has 1 saturated carbocycles. The molecular formula is C24H29N7O2S. The first-order chi connectivity index (χ1) is 16.2. The zero-order valence-corrected chi connectivity index (χ0v) is 20.1. The van der Waals surface area contributed by atoms with Crippen LogP contribution in [0.1, 0.15) is 52.3 Å². The van der Waals surface area contributed by atoms with Gasteiger partial charge in [0, 0.05) is 36.9 Å². The Labute approximate surface area is 199 Å². The van der Waals surface area contributed by atoms with E-state index in [1.165, 1.54) is 24.6 Å². The quantitative estimate of drug-likeness (QED) is 0.275. The van der Waals surface area contributed by atoms with Crippen molar-refractivity contribution in [3.05, 3.63) is 81.3 Å². The van der Waals surface area contributed by atoms with Crippen molar-refractivity contribution in [2.75, 3.05) is 0 Å². The molecule has 1 aliphatic carbocycles. The summed E-state index contributed by atoms with van der Waals surface area (Å²) in [5, 5.41) is 7.59. The molecule has 0 bridgehead atoms. The van der Waals surface area contributed by atoms with Crippen LogP contribution in [0, 0.1) is 19.3 Å². The van der Waals surface area contributed by atoms with Crippen LogP contribution >= 0.6 is 0 Å². The number of allylic oxidation sites excluding steroid dienone is 1. The predicted octanol–water partition coefficient (Wildman–Crippen LogP) is 2.60. The van der Waals surface area contributed by atoms with Crippen molar-refractivity contribution < 1.29 is 8.42 Å². The number of hydrogen-bond acceptors (Lipinski definition) is 6. The molecular weight excluding hydrogens is 450 g/mol. The van der Waals surface area contributed by atoms with Crippen LogP contribution in [0.3, 0.4) is 0 Å². The molecule has 1 aliphatic rings. The molecule has 4 rings (SSSR count). The lowest BCUT2D eigenvalue weighted by Gasteiger charge is -2.13. The lowest BCUT2D eigenvalue weighted by molar-refractivity contribution is 0.589. The third-order valence-electron chi connectivity index (χ3n) is 5.96. The highest BCUT2D eigenvalue weighted by atomic mass is 32.2. The maximum absolute atomic E-state index is 12.8. The first-order valence-electron chi connectivity index (χ1n) is 11.0. The SMILES string of the molecule is Cc1cc(C(=N)N)cc(C)c1CNS(=O)(=O)C(C=NCc1cn2cc(C3CC3)ccc2n1)=CN. The molecule has 0 amide bonds. The van der Waals surface area contributed by atoms with Crippen LogP contribution in [0.15, 0.2) is 52.8 Å². The van der Waals surface area contributed by atoms with Gasteiger partial charge in [0.1, 0.15) is 16.4 Å². The summed E-state index contributed by atoms with van der Waals surface area (Å²) in [7, 11) is -3.87. The second kappa shape index (κ2) is 9.40. The molecule has 3 aromatic rings. The van der Waals surface area contributed by atoms with Crippen molar-refractivity contribution in [3.63, 3.8) is 0 Å². The molecule has 0 unspecified atom stereocenters. The van der Waals surface area contributed by atoms with Gasteiger partial charge in [-0.15, -0.1) is 0 Å². The van der Waals surface area contributed by atoms with Crippen LogP contribution in [0.2, 0.25) is 0 Å². The third kappa shape index (κ3) is 5.18. The Bertz CT molecular complexity index is 1390. The number of aliphatic imine (C=N–C) groups is 1. The van der Waals surface area contributed by atoms with E-state index in [-0.39, 0.29) is 23.8 Å². The number of benzene rings is 1. The highest BCUT2D eigenvalue weighted by Crippen LogP contribution is 2.39. The molecule has 0 radical (unpaired) electrons. The number of nitrogens with one attached hydrogen (secondary N) is 2. The summed E-state index contributed by atoms with van der Waals surface area (Å²) < 4.78 is 30.2. The Morgan fingerprint density at radius 3 is 2.59 bits per heavy atom. The summed E-state index contributed by atoms with van der Waals surface area (Å²) in [5.41, 5.74) is 17.2. The van der Waals surface area contributed by atoms with Crippen LogP contribution in [0.5, 0.6) is 0 Å². The second-order valence-electron chi connectivity index (χ2n) is 8.60. The molecule has 6 N–H and O–H groups in total. The van der Waals surface area contributed by atoms with E-state index in [9.17, 15) is 8.42 Å². The van der Waals surface area contributed by atoms with E-state index >= 15 is 0 Å². The maximum Gasteiger partial charge on any atom is 0.243 e. The molecule has 0 aliphatic heterocycles. The van der Waals surface area contributed by atoms with Gasteiger partial charge in [0.2, 0.25) is 10.0 Å². The van der Waals surface area contributed by atoms with Gasteiger partial charge in [-0.1, -0.05) is 6.07 Å². The van der Waals surface area contributed by atoms with E-state index in [2.05, 4.69) is 27.0 Å². The zero-order chi connectivity index (χ0) is 24.5. The normalized spacial score (nSPS) is 14.8. The van der Waals surface area contributed by atoms with E-state index in [0.717, 1.165) is 34.2 Å². The van der Waals surface area contributed by atoms with Crippen molar-refractivity contribution in [1.29, 1.82) is 5.41 Å². The lowest BCUT2D eigenvalue weighted by Crippen LogP contribution is -2.26. The fraction of sp³-hybridized carbons (Fsp3) is 0.292. The summed E-state index contributed by atoms with van der Waals surface area (Å²) in [5.74, 6) is 0.625. The summed E-state index contributed by atoms with van der Waals surface area (Å²) >= 11 is 0. The first kappa shape index (κ1) is 23.7. The highest BCUT2D eigenvalue weighted by molar-refractivity contribution is 7.94.